The van der Waals surface area contributed by atoms with E-state index in [2.05, 4.69) is 15.6 Å². The molecule has 0 aliphatic carbocycles. The Hall–Kier alpha value is -1.71. The minimum atomic E-state index is -4.18. The predicted octanol–water partition coefficient (Wildman–Crippen LogP) is 4.08. The number of rotatable bonds is 5. The van der Waals surface area contributed by atoms with Gasteiger partial charge in [0, 0.05) is 20.1 Å². The molecule has 0 unspecified atom stereocenters. The lowest BCUT2D eigenvalue weighted by Crippen LogP contribution is -2.38. The van der Waals surface area contributed by atoms with Crippen LogP contribution in [0, 0.1) is 0 Å². The summed E-state index contributed by atoms with van der Waals surface area (Å²) in [4.78, 5) is 3.92. The van der Waals surface area contributed by atoms with E-state index in [-0.39, 0.29) is 30.5 Å². The minimum Gasteiger partial charge on any atom is -0.497 e. The summed E-state index contributed by atoms with van der Waals surface area (Å²) in [7, 11) is 3.15. The fraction of sp³-hybridized carbons (Fsp3) is 0.353. The second kappa shape index (κ2) is 9.69. The van der Waals surface area contributed by atoms with Crippen molar-refractivity contribution in [3.63, 3.8) is 0 Å². The van der Waals surface area contributed by atoms with E-state index in [9.17, 15) is 13.2 Å². The standard InChI is InChI=1S/C17H20F3N3O.HI/c1-21-16(22-8-7-17(18,19)20)23-11-12-3-4-14-10-15(24-2)6-5-13(14)9-12;/h3-6,9-10H,7-8,11H2,1-2H3,(H2,21,22,23);1H. The molecular formula is C17H21F3IN3O. The van der Waals surface area contributed by atoms with Gasteiger partial charge < -0.3 is 15.4 Å². The number of methoxy groups -OCH3 is 1. The Morgan fingerprint density at radius 3 is 2.40 bits per heavy atom. The molecule has 138 valence electrons. The quantitative estimate of drug-likeness (QED) is 0.396. The number of guanidine groups is 1. The Kier molecular flexibility index (Phi) is 8.27. The van der Waals surface area contributed by atoms with Crippen LogP contribution in [0.25, 0.3) is 10.8 Å². The van der Waals surface area contributed by atoms with Crippen LogP contribution in [0.15, 0.2) is 41.4 Å². The predicted molar refractivity (Wildman–Crippen MR) is 105 cm³/mol. The number of nitrogens with zero attached hydrogens (tertiary/aromatic N) is 1. The van der Waals surface area contributed by atoms with Gasteiger partial charge in [0.05, 0.1) is 13.5 Å². The largest absolute Gasteiger partial charge is 0.497 e. The van der Waals surface area contributed by atoms with Crippen molar-refractivity contribution < 1.29 is 17.9 Å². The molecule has 0 aliphatic heterocycles. The fourth-order valence-electron chi connectivity index (χ4n) is 2.24. The third-order valence-corrected chi connectivity index (χ3v) is 3.50. The number of aliphatic imine (C=N–C) groups is 1. The van der Waals surface area contributed by atoms with Crippen LogP contribution in [0.3, 0.4) is 0 Å². The molecule has 0 aliphatic rings. The summed E-state index contributed by atoms with van der Waals surface area (Å²) in [5.41, 5.74) is 1.01. The first kappa shape index (κ1) is 21.3. The van der Waals surface area contributed by atoms with E-state index in [1.54, 1.807) is 7.11 Å². The highest BCUT2D eigenvalue weighted by Gasteiger charge is 2.26. The highest BCUT2D eigenvalue weighted by molar-refractivity contribution is 14.0. The van der Waals surface area contributed by atoms with Crippen molar-refractivity contribution in [3.05, 3.63) is 42.0 Å². The van der Waals surface area contributed by atoms with Crippen LogP contribution in [-0.4, -0.2) is 32.8 Å². The molecule has 0 saturated heterocycles. The average Bonchev–Trinajstić information content (AvgIpc) is 2.56. The summed E-state index contributed by atoms with van der Waals surface area (Å²) in [6, 6.07) is 11.8. The molecule has 25 heavy (non-hydrogen) atoms. The lowest BCUT2D eigenvalue weighted by Gasteiger charge is -2.13. The SMILES string of the molecule is CN=C(NCCC(F)(F)F)NCc1ccc2cc(OC)ccc2c1.I. The monoisotopic (exact) mass is 467 g/mol. The van der Waals surface area contributed by atoms with Gasteiger partial charge in [0.15, 0.2) is 5.96 Å². The smallest absolute Gasteiger partial charge is 0.390 e. The molecule has 0 fully saturated rings. The molecule has 0 atom stereocenters. The summed E-state index contributed by atoms with van der Waals surface area (Å²) >= 11 is 0. The van der Waals surface area contributed by atoms with E-state index in [1.807, 2.05) is 36.4 Å². The number of nitrogens with one attached hydrogen (secondary N) is 2. The number of ether oxygens (including phenoxy) is 1. The Morgan fingerprint density at radius 1 is 1.08 bits per heavy atom. The van der Waals surface area contributed by atoms with Crippen LogP contribution in [0.5, 0.6) is 5.75 Å². The maximum Gasteiger partial charge on any atom is 0.390 e. The molecule has 0 aromatic heterocycles. The van der Waals surface area contributed by atoms with Gasteiger partial charge in [-0.05, 0) is 34.5 Å². The van der Waals surface area contributed by atoms with Crippen LogP contribution < -0.4 is 15.4 Å². The van der Waals surface area contributed by atoms with E-state index in [1.165, 1.54) is 7.05 Å². The summed E-state index contributed by atoms with van der Waals surface area (Å²) in [6.45, 7) is 0.258. The summed E-state index contributed by atoms with van der Waals surface area (Å²) < 4.78 is 41.7. The van der Waals surface area contributed by atoms with Gasteiger partial charge in [-0.25, -0.2) is 0 Å². The van der Waals surface area contributed by atoms with Crippen molar-refractivity contribution in [1.29, 1.82) is 0 Å². The van der Waals surface area contributed by atoms with Crippen LogP contribution in [0.1, 0.15) is 12.0 Å². The van der Waals surface area contributed by atoms with Gasteiger partial charge in [-0.3, -0.25) is 4.99 Å². The first-order valence-electron chi connectivity index (χ1n) is 7.49. The number of alkyl halides is 3. The van der Waals surface area contributed by atoms with Crippen molar-refractivity contribution in [2.24, 2.45) is 4.99 Å². The van der Waals surface area contributed by atoms with Gasteiger partial charge in [-0.15, -0.1) is 24.0 Å². The van der Waals surface area contributed by atoms with Gasteiger partial charge in [0.1, 0.15) is 5.75 Å². The molecule has 2 N–H and O–H groups in total. The van der Waals surface area contributed by atoms with Gasteiger partial charge in [-0.1, -0.05) is 18.2 Å². The summed E-state index contributed by atoms with van der Waals surface area (Å²) in [5.74, 6) is 1.14. The minimum absolute atomic E-state index is 0. The Balaban J connectivity index is 0.00000312. The Bertz CT molecular complexity index is 720. The van der Waals surface area contributed by atoms with E-state index in [0.717, 1.165) is 22.1 Å². The Morgan fingerprint density at radius 2 is 1.76 bits per heavy atom. The van der Waals surface area contributed by atoms with Crippen molar-refractivity contribution in [1.82, 2.24) is 10.6 Å². The normalized spacial score (nSPS) is 11.8. The molecule has 0 saturated carbocycles. The molecule has 0 radical (unpaired) electrons. The van der Waals surface area contributed by atoms with Gasteiger partial charge in [-0.2, -0.15) is 13.2 Å². The van der Waals surface area contributed by atoms with Crippen molar-refractivity contribution >= 4 is 40.7 Å². The molecule has 0 bridgehead atoms. The molecule has 0 amide bonds. The topological polar surface area (TPSA) is 45.7 Å². The van der Waals surface area contributed by atoms with Crippen molar-refractivity contribution in [3.8, 4) is 5.75 Å². The number of hydrogen-bond acceptors (Lipinski definition) is 2. The Labute approximate surface area is 161 Å². The number of benzene rings is 2. The highest BCUT2D eigenvalue weighted by atomic mass is 127. The van der Waals surface area contributed by atoms with Gasteiger partial charge in [0.25, 0.3) is 0 Å². The van der Waals surface area contributed by atoms with E-state index in [0.29, 0.717) is 12.5 Å². The average molecular weight is 467 g/mol. The third-order valence-electron chi connectivity index (χ3n) is 3.50. The molecule has 2 rings (SSSR count). The van der Waals surface area contributed by atoms with E-state index >= 15 is 0 Å². The number of fused-ring (bicyclic) bond motifs is 1. The van der Waals surface area contributed by atoms with Crippen LogP contribution >= 0.6 is 24.0 Å². The lowest BCUT2D eigenvalue weighted by molar-refractivity contribution is -0.132. The molecule has 0 spiro atoms. The summed E-state index contributed by atoms with van der Waals surface area (Å²) in [5, 5.41) is 7.78. The van der Waals surface area contributed by atoms with Crippen LogP contribution in [0.4, 0.5) is 13.2 Å². The highest BCUT2D eigenvalue weighted by Crippen LogP contribution is 2.22. The molecule has 2 aromatic carbocycles. The summed E-state index contributed by atoms with van der Waals surface area (Å²) in [6.07, 6.45) is -5.07. The second-order valence-corrected chi connectivity index (χ2v) is 5.27. The number of halogens is 4. The first-order valence-corrected chi connectivity index (χ1v) is 7.49. The fourth-order valence-corrected chi connectivity index (χ4v) is 2.24. The third kappa shape index (κ3) is 6.97. The van der Waals surface area contributed by atoms with Crippen molar-refractivity contribution in [2.45, 2.75) is 19.1 Å². The molecule has 2 aromatic rings. The zero-order valence-corrected chi connectivity index (χ0v) is 16.3. The lowest BCUT2D eigenvalue weighted by atomic mass is 10.1. The second-order valence-electron chi connectivity index (χ2n) is 5.27. The maximum absolute atomic E-state index is 12.2. The first-order chi connectivity index (χ1) is 11.4. The zero-order chi connectivity index (χ0) is 17.6. The van der Waals surface area contributed by atoms with Crippen LogP contribution in [0.2, 0.25) is 0 Å². The maximum atomic E-state index is 12.2. The van der Waals surface area contributed by atoms with E-state index in [4.69, 9.17) is 4.74 Å². The van der Waals surface area contributed by atoms with Crippen molar-refractivity contribution in [2.75, 3.05) is 20.7 Å². The molecular weight excluding hydrogens is 446 g/mol. The van der Waals surface area contributed by atoms with Crippen LogP contribution in [-0.2, 0) is 6.54 Å². The van der Waals surface area contributed by atoms with Gasteiger partial charge in [0.2, 0.25) is 0 Å². The molecule has 4 nitrogen and oxygen atoms in total. The zero-order valence-electron chi connectivity index (χ0n) is 14.0. The molecule has 0 heterocycles. The van der Waals surface area contributed by atoms with E-state index < -0.39 is 12.6 Å². The molecule has 8 heteroatoms. The van der Waals surface area contributed by atoms with Gasteiger partial charge >= 0.3 is 6.18 Å². The number of hydrogen-bond donors (Lipinski definition) is 2.